The molecule has 5 heteroatoms. The van der Waals surface area contributed by atoms with Crippen LogP contribution in [0.1, 0.15) is 6.42 Å². The fourth-order valence-electron chi connectivity index (χ4n) is 1.58. The van der Waals surface area contributed by atoms with E-state index < -0.39 is 0 Å². The minimum absolute atomic E-state index is 0.590. The summed E-state index contributed by atoms with van der Waals surface area (Å²) in [5.41, 5.74) is 6.39. The van der Waals surface area contributed by atoms with Gasteiger partial charge in [-0.15, -0.1) is 0 Å². The van der Waals surface area contributed by atoms with E-state index in [4.69, 9.17) is 10.5 Å². The lowest BCUT2D eigenvalue weighted by Gasteiger charge is -2.04. The third-order valence-electron chi connectivity index (χ3n) is 2.40. The molecule has 0 atom stereocenters. The molecule has 0 fully saturated rings. The van der Waals surface area contributed by atoms with Gasteiger partial charge in [-0.1, -0.05) is 12.1 Å². The molecule has 0 aliphatic carbocycles. The predicted octanol–water partition coefficient (Wildman–Crippen LogP) is 2.07. The second-order valence-electron chi connectivity index (χ2n) is 3.71. The van der Waals surface area contributed by atoms with Crippen molar-refractivity contribution in [1.82, 2.24) is 4.37 Å². The van der Waals surface area contributed by atoms with E-state index in [1.807, 2.05) is 18.2 Å². The maximum absolute atomic E-state index is 5.34. The van der Waals surface area contributed by atoms with E-state index in [0.717, 1.165) is 30.1 Å². The number of hydrogen-bond acceptors (Lipinski definition) is 5. The highest BCUT2D eigenvalue weighted by molar-refractivity contribution is 7.11. The lowest BCUT2D eigenvalue weighted by molar-refractivity contribution is 0.141. The van der Waals surface area contributed by atoms with Crippen LogP contribution in [0.15, 0.2) is 24.3 Å². The molecule has 0 spiro atoms. The first-order valence-corrected chi connectivity index (χ1v) is 6.55. The van der Waals surface area contributed by atoms with E-state index >= 15 is 0 Å². The second-order valence-corrected chi connectivity index (χ2v) is 4.48. The molecule has 17 heavy (non-hydrogen) atoms. The molecule has 0 radical (unpaired) electrons. The summed E-state index contributed by atoms with van der Waals surface area (Å²) in [6.45, 7) is 2.88. The number of ether oxygens (including phenoxy) is 1. The van der Waals surface area contributed by atoms with Crippen molar-refractivity contribution in [2.45, 2.75) is 6.42 Å². The van der Waals surface area contributed by atoms with Crippen molar-refractivity contribution in [1.29, 1.82) is 0 Å². The van der Waals surface area contributed by atoms with Crippen molar-refractivity contribution < 1.29 is 4.74 Å². The number of benzene rings is 1. The van der Waals surface area contributed by atoms with Gasteiger partial charge >= 0.3 is 0 Å². The summed E-state index contributed by atoms with van der Waals surface area (Å²) in [5, 5.41) is 5.72. The standard InChI is InChI=1S/C12H17N3OS/c13-6-9-16-8-3-7-14-12-10-4-1-2-5-11(10)15-17-12/h1-2,4-5,14H,3,6-9,13H2. The zero-order valence-electron chi connectivity index (χ0n) is 9.69. The van der Waals surface area contributed by atoms with Gasteiger partial charge < -0.3 is 15.8 Å². The van der Waals surface area contributed by atoms with Gasteiger partial charge in [0.05, 0.1) is 12.1 Å². The summed E-state index contributed by atoms with van der Waals surface area (Å²) in [4.78, 5) is 0. The fraction of sp³-hybridized carbons (Fsp3) is 0.417. The molecule has 0 saturated carbocycles. The van der Waals surface area contributed by atoms with Gasteiger partial charge in [0, 0.05) is 25.1 Å². The fourth-order valence-corrected chi connectivity index (χ4v) is 2.36. The molecule has 2 aromatic rings. The van der Waals surface area contributed by atoms with Crippen LogP contribution in [0.4, 0.5) is 5.00 Å². The monoisotopic (exact) mass is 251 g/mol. The van der Waals surface area contributed by atoms with Crippen LogP contribution in [-0.2, 0) is 4.74 Å². The first-order chi connectivity index (χ1) is 8.42. The molecular weight excluding hydrogens is 234 g/mol. The van der Waals surface area contributed by atoms with Crippen LogP contribution in [0.2, 0.25) is 0 Å². The van der Waals surface area contributed by atoms with E-state index in [-0.39, 0.29) is 0 Å². The highest BCUT2D eigenvalue weighted by Gasteiger charge is 2.03. The molecule has 2 rings (SSSR count). The summed E-state index contributed by atoms with van der Waals surface area (Å²) < 4.78 is 9.69. The molecule has 4 nitrogen and oxygen atoms in total. The third-order valence-corrected chi connectivity index (χ3v) is 3.23. The second kappa shape index (κ2) is 6.54. The molecule has 0 aliphatic rings. The number of anilines is 1. The zero-order valence-corrected chi connectivity index (χ0v) is 10.5. The SMILES string of the molecule is NCCOCCCNc1snc2ccccc12. The topological polar surface area (TPSA) is 60.2 Å². The van der Waals surface area contributed by atoms with Crippen molar-refractivity contribution in [3.8, 4) is 0 Å². The minimum Gasteiger partial charge on any atom is -0.380 e. The molecule has 1 aromatic heterocycles. The predicted molar refractivity (Wildman–Crippen MR) is 72.6 cm³/mol. The Morgan fingerprint density at radius 3 is 3.06 bits per heavy atom. The third kappa shape index (κ3) is 3.39. The Morgan fingerprint density at radius 2 is 2.18 bits per heavy atom. The molecule has 0 amide bonds. The molecule has 0 saturated heterocycles. The van der Waals surface area contributed by atoms with Crippen LogP contribution >= 0.6 is 11.5 Å². The summed E-state index contributed by atoms with van der Waals surface area (Å²) in [5.74, 6) is 0. The van der Waals surface area contributed by atoms with Gasteiger partial charge in [-0.25, -0.2) is 0 Å². The highest BCUT2D eigenvalue weighted by atomic mass is 32.1. The molecule has 3 N–H and O–H groups in total. The molecule has 0 unspecified atom stereocenters. The smallest absolute Gasteiger partial charge is 0.117 e. The molecule has 0 aliphatic heterocycles. The molecular formula is C12H17N3OS. The van der Waals surface area contributed by atoms with Crippen LogP contribution in [-0.4, -0.2) is 30.7 Å². The van der Waals surface area contributed by atoms with E-state index in [1.54, 1.807) is 0 Å². The normalized spacial score (nSPS) is 10.9. The number of nitrogens with zero attached hydrogens (tertiary/aromatic N) is 1. The Bertz CT molecular complexity index is 458. The molecule has 92 valence electrons. The number of fused-ring (bicyclic) bond motifs is 1. The van der Waals surface area contributed by atoms with Crippen molar-refractivity contribution in [2.75, 3.05) is 31.6 Å². The van der Waals surface area contributed by atoms with Crippen LogP contribution in [0.5, 0.6) is 0 Å². The van der Waals surface area contributed by atoms with Crippen molar-refractivity contribution in [2.24, 2.45) is 5.73 Å². The molecule has 1 heterocycles. The first kappa shape index (κ1) is 12.3. The van der Waals surface area contributed by atoms with Gasteiger partial charge in [-0.3, -0.25) is 0 Å². The average Bonchev–Trinajstić information content (AvgIpc) is 2.77. The van der Waals surface area contributed by atoms with Gasteiger partial charge in [0.15, 0.2) is 0 Å². The molecule has 1 aromatic carbocycles. The average molecular weight is 251 g/mol. The van der Waals surface area contributed by atoms with Gasteiger partial charge in [0.1, 0.15) is 5.00 Å². The Hall–Kier alpha value is -1.17. The van der Waals surface area contributed by atoms with Crippen LogP contribution in [0.25, 0.3) is 10.9 Å². The number of nitrogens with two attached hydrogens (primary N) is 1. The van der Waals surface area contributed by atoms with Crippen molar-refractivity contribution in [3.63, 3.8) is 0 Å². The van der Waals surface area contributed by atoms with Gasteiger partial charge in [0.2, 0.25) is 0 Å². The van der Waals surface area contributed by atoms with Crippen molar-refractivity contribution in [3.05, 3.63) is 24.3 Å². The number of hydrogen-bond donors (Lipinski definition) is 2. The zero-order chi connectivity index (χ0) is 11.9. The number of aromatic nitrogens is 1. The first-order valence-electron chi connectivity index (χ1n) is 5.78. The lowest BCUT2D eigenvalue weighted by atomic mass is 10.2. The quantitative estimate of drug-likeness (QED) is 0.740. The van der Waals surface area contributed by atoms with Gasteiger partial charge in [0.25, 0.3) is 0 Å². The Kier molecular flexibility index (Phi) is 4.73. The van der Waals surface area contributed by atoms with E-state index in [0.29, 0.717) is 13.2 Å². The van der Waals surface area contributed by atoms with Crippen LogP contribution < -0.4 is 11.1 Å². The van der Waals surface area contributed by atoms with Gasteiger partial charge in [-0.2, -0.15) is 4.37 Å². The largest absolute Gasteiger partial charge is 0.380 e. The van der Waals surface area contributed by atoms with E-state index in [2.05, 4.69) is 15.8 Å². The van der Waals surface area contributed by atoms with Crippen LogP contribution in [0, 0.1) is 0 Å². The van der Waals surface area contributed by atoms with Crippen molar-refractivity contribution >= 4 is 27.4 Å². The number of rotatable bonds is 7. The Labute approximate surface area is 105 Å². The Morgan fingerprint density at radius 1 is 1.29 bits per heavy atom. The minimum atomic E-state index is 0.590. The Balaban J connectivity index is 1.79. The molecule has 0 bridgehead atoms. The summed E-state index contributed by atoms with van der Waals surface area (Å²) in [6, 6.07) is 8.16. The lowest BCUT2D eigenvalue weighted by Crippen LogP contribution is -2.11. The summed E-state index contributed by atoms with van der Waals surface area (Å²) in [7, 11) is 0. The maximum atomic E-state index is 5.34. The van der Waals surface area contributed by atoms with E-state index in [9.17, 15) is 0 Å². The highest BCUT2D eigenvalue weighted by Crippen LogP contribution is 2.26. The van der Waals surface area contributed by atoms with Crippen LogP contribution in [0.3, 0.4) is 0 Å². The van der Waals surface area contributed by atoms with E-state index in [1.165, 1.54) is 16.9 Å². The summed E-state index contributed by atoms with van der Waals surface area (Å²) in [6.07, 6.45) is 0.978. The summed E-state index contributed by atoms with van der Waals surface area (Å²) >= 11 is 1.51. The number of nitrogens with one attached hydrogen (secondary N) is 1. The van der Waals surface area contributed by atoms with Gasteiger partial charge in [-0.05, 0) is 30.1 Å². The maximum Gasteiger partial charge on any atom is 0.117 e.